The van der Waals surface area contributed by atoms with E-state index >= 15 is 0 Å². The molecule has 31 heavy (non-hydrogen) atoms. The molecule has 10 nitrogen and oxygen atoms in total. The van der Waals surface area contributed by atoms with Crippen LogP contribution in [-0.2, 0) is 20.6 Å². The van der Waals surface area contributed by atoms with Gasteiger partial charge in [0.1, 0.15) is 11.5 Å². The number of benzene rings is 1. The van der Waals surface area contributed by atoms with E-state index in [0.29, 0.717) is 30.0 Å². The number of aromatic nitrogens is 5. The molecule has 0 aliphatic rings. The molecule has 0 amide bonds. The Hall–Kier alpha value is -3.69. The van der Waals surface area contributed by atoms with Crippen LogP contribution in [0.4, 0.5) is 5.69 Å². The summed E-state index contributed by atoms with van der Waals surface area (Å²) in [6, 6.07) is 5.57. The molecular formula is C21H26N6O4. The van der Waals surface area contributed by atoms with E-state index in [1.807, 2.05) is 41.0 Å². The van der Waals surface area contributed by atoms with Gasteiger partial charge >= 0.3 is 5.69 Å². The summed E-state index contributed by atoms with van der Waals surface area (Å²) in [5, 5.41) is 3.38. The Balaban J connectivity index is 1.75. The van der Waals surface area contributed by atoms with E-state index in [4.69, 9.17) is 9.47 Å². The summed E-state index contributed by atoms with van der Waals surface area (Å²) in [7, 11) is 6.35. The van der Waals surface area contributed by atoms with Crippen LogP contribution >= 0.6 is 0 Å². The Morgan fingerprint density at radius 3 is 2.45 bits per heavy atom. The molecule has 10 heteroatoms. The van der Waals surface area contributed by atoms with Gasteiger partial charge in [-0.3, -0.25) is 18.3 Å². The molecule has 4 rings (SSSR count). The van der Waals surface area contributed by atoms with Crippen molar-refractivity contribution in [3.8, 4) is 11.5 Å². The normalized spacial score (nSPS) is 11.4. The monoisotopic (exact) mass is 426 g/mol. The highest BCUT2D eigenvalue weighted by Gasteiger charge is 2.21. The highest BCUT2D eigenvalue weighted by Crippen LogP contribution is 2.29. The van der Waals surface area contributed by atoms with Crippen molar-refractivity contribution in [2.24, 2.45) is 14.1 Å². The summed E-state index contributed by atoms with van der Waals surface area (Å²) in [6.45, 7) is 5.13. The van der Waals surface area contributed by atoms with E-state index < -0.39 is 5.69 Å². The number of nitrogens with zero attached hydrogens (tertiary/aromatic N) is 5. The Morgan fingerprint density at radius 1 is 1.03 bits per heavy atom. The van der Waals surface area contributed by atoms with Crippen LogP contribution in [0.15, 0.2) is 27.8 Å². The zero-order valence-electron chi connectivity index (χ0n) is 18.5. The van der Waals surface area contributed by atoms with E-state index in [0.717, 1.165) is 33.1 Å². The number of ether oxygens (including phenoxy) is 2. The molecule has 0 radical (unpaired) electrons. The molecule has 0 saturated heterocycles. The maximum atomic E-state index is 12.8. The predicted octanol–water partition coefficient (Wildman–Crippen LogP) is 1.43. The second-order valence-electron chi connectivity index (χ2n) is 7.44. The van der Waals surface area contributed by atoms with Gasteiger partial charge in [-0.1, -0.05) is 0 Å². The summed E-state index contributed by atoms with van der Waals surface area (Å²) in [6.07, 6.45) is 0. The van der Waals surface area contributed by atoms with Gasteiger partial charge in [-0.15, -0.1) is 0 Å². The average Bonchev–Trinajstić information content (AvgIpc) is 3.27. The number of nitrogens with one attached hydrogen (secondary N) is 1. The second kappa shape index (κ2) is 7.53. The zero-order valence-corrected chi connectivity index (χ0v) is 18.5. The van der Waals surface area contributed by atoms with Crippen LogP contribution in [0.1, 0.15) is 11.4 Å². The van der Waals surface area contributed by atoms with Crippen LogP contribution in [-0.4, -0.2) is 43.9 Å². The minimum atomic E-state index is -0.397. The quantitative estimate of drug-likeness (QED) is 0.501. The van der Waals surface area contributed by atoms with Crippen molar-refractivity contribution in [2.45, 2.75) is 20.4 Å². The minimum Gasteiger partial charge on any atom is -0.497 e. The molecule has 1 aromatic carbocycles. The molecule has 0 aliphatic carbocycles. The number of anilines is 1. The SMILES string of the molecule is COc1ccc(OC)c(NCCn2c(C)c(C)n3c4c(=O)n(C)c(=O)n(C)c4nc23)c1. The van der Waals surface area contributed by atoms with Crippen molar-refractivity contribution >= 4 is 22.6 Å². The summed E-state index contributed by atoms with van der Waals surface area (Å²) in [4.78, 5) is 29.8. The first kappa shape index (κ1) is 20.6. The Labute approximate surface area is 178 Å². The Kier molecular flexibility index (Phi) is 5.00. The molecule has 0 fully saturated rings. The lowest BCUT2D eigenvalue weighted by atomic mass is 10.2. The molecule has 3 aromatic heterocycles. The van der Waals surface area contributed by atoms with Crippen LogP contribution in [0.2, 0.25) is 0 Å². The highest BCUT2D eigenvalue weighted by molar-refractivity contribution is 5.76. The highest BCUT2D eigenvalue weighted by atomic mass is 16.5. The van der Waals surface area contributed by atoms with Crippen molar-refractivity contribution < 1.29 is 9.47 Å². The lowest BCUT2D eigenvalue weighted by Crippen LogP contribution is -2.37. The summed E-state index contributed by atoms with van der Waals surface area (Å²) >= 11 is 0. The van der Waals surface area contributed by atoms with E-state index in [-0.39, 0.29) is 5.56 Å². The van der Waals surface area contributed by atoms with Gasteiger partial charge in [-0.25, -0.2) is 4.79 Å². The summed E-state index contributed by atoms with van der Waals surface area (Å²) in [5.41, 5.74) is 2.76. The number of aryl methyl sites for hydroxylation is 2. The second-order valence-corrected chi connectivity index (χ2v) is 7.44. The Bertz CT molecular complexity index is 1420. The number of fused-ring (bicyclic) bond motifs is 3. The van der Waals surface area contributed by atoms with Gasteiger partial charge < -0.3 is 19.4 Å². The first-order valence-corrected chi connectivity index (χ1v) is 9.89. The van der Waals surface area contributed by atoms with Crippen LogP contribution in [0.3, 0.4) is 0 Å². The maximum absolute atomic E-state index is 12.8. The molecule has 4 aromatic rings. The molecule has 0 saturated carbocycles. The molecule has 0 atom stereocenters. The van der Waals surface area contributed by atoms with Gasteiger partial charge in [0.15, 0.2) is 11.2 Å². The first-order chi connectivity index (χ1) is 14.8. The lowest BCUT2D eigenvalue weighted by molar-refractivity contribution is 0.404. The molecule has 1 N–H and O–H groups in total. The molecule has 0 bridgehead atoms. The predicted molar refractivity (Wildman–Crippen MR) is 119 cm³/mol. The van der Waals surface area contributed by atoms with Crippen LogP contribution in [0.5, 0.6) is 11.5 Å². The molecule has 0 spiro atoms. The fraction of sp³-hybridized carbons (Fsp3) is 0.381. The fourth-order valence-electron chi connectivity index (χ4n) is 3.91. The topological polar surface area (TPSA) is 96.7 Å². The summed E-state index contributed by atoms with van der Waals surface area (Å²) in [5.74, 6) is 2.08. The number of hydrogen-bond acceptors (Lipinski definition) is 6. The first-order valence-electron chi connectivity index (χ1n) is 9.89. The van der Waals surface area contributed by atoms with E-state index in [2.05, 4.69) is 10.3 Å². The third kappa shape index (κ3) is 3.06. The molecule has 0 aliphatic heterocycles. The zero-order chi connectivity index (χ0) is 22.4. The maximum Gasteiger partial charge on any atom is 0.332 e. The minimum absolute atomic E-state index is 0.356. The van der Waals surface area contributed by atoms with Gasteiger partial charge in [-0.2, -0.15) is 4.98 Å². The van der Waals surface area contributed by atoms with Crippen molar-refractivity contribution in [2.75, 3.05) is 26.1 Å². The van der Waals surface area contributed by atoms with Crippen molar-refractivity contribution in [1.29, 1.82) is 0 Å². The van der Waals surface area contributed by atoms with Gasteiger partial charge in [0.05, 0.1) is 19.9 Å². The van der Waals surface area contributed by atoms with Gasteiger partial charge in [0, 0.05) is 44.6 Å². The largest absolute Gasteiger partial charge is 0.497 e. The van der Waals surface area contributed by atoms with Gasteiger partial charge in [-0.05, 0) is 26.0 Å². The molecule has 3 heterocycles. The number of rotatable bonds is 6. The van der Waals surface area contributed by atoms with Gasteiger partial charge in [0.2, 0.25) is 5.78 Å². The Morgan fingerprint density at radius 2 is 1.77 bits per heavy atom. The summed E-state index contributed by atoms with van der Waals surface area (Å²) < 4.78 is 17.1. The van der Waals surface area contributed by atoms with Crippen LogP contribution in [0, 0.1) is 13.8 Å². The molecular weight excluding hydrogens is 400 g/mol. The number of hydrogen-bond donors (Lipinski definition) is 1. The van der Waals surface area contributed by atoms with Crippen molar-refractivity contribution in [1.82, 2.24) is 23.1 Å². The van der Waals surface area contributed by atoms with Crippen LogP contribution < -0.4 is 26.0 Å². The molecule has 164 valence electrons. The third-order valence-corrected chi connectivity index (χ3v) is 5.80. The van der Waals surface area contributed by atoms with E-state index in [1.54, 1.807) is 21.3 Å². The van der Waals surface area contributed by atoms with E-state index in [9.17, 15) is 9.59 Å². The van der Waals surface area contributed by atoms with Crippen LogP contribution in [0.25, 0.3) is 16.9 Å². The number of imidazole rings is 2. The fourth-order valence-corrected chi connectivity index (χ4v) is 3.91. The lowest BCUT2D eigenvalue weighted by Gasteiger charge is -2.13. The van der Waals surface area contributed by atoms with E-state index in [1.165, 1.54) is 11.6 Å². The smallest absolute Gasteiger partial charge is 0.332 e. The standard InChI is InChI=1S/C21H26N6O4/c1-12-13(2)27-17-18(24(3)21(29)25(4)19(17)28)23-20(27)26(12)10-9-22-15-11-14(30-5)7-8-16(15)31-6/h7-8,11,22H,9-10H2,1-6H3. The number of methoxy groups -OCH3 is 2. The third-order valence-electron chi connectivity index (χ3n) is 5.80. The van der Waals surface area contributed by atoms with Crippen molar-refractivity contribution in [3.63, 3.8) is 0 Å². The molecule has 0 unspecified atom stereocenters. The average molecular weight is 426 g/mol. The van der Waals surface area contributed by atoms with Gasteiger partial charge in [0.25, 0.3) is 5.56 Å². The van der Waals surface area contributed by atoms with Crippen molar-refractivity contribution in [3.05, 3.63) is 50.4 Å².